The number of nitrogens with zero attached hydrogens (tertiary/aromatic N) is 3. The van der Waals surface area contributed by atoms with E-state index in [1.807, 2.05) is 30.5 Å². The number of esters is 1. The highest BCUT2D eigenvalue weighted by Gasteiger charge is 2.17. The topological polar surface area (TPSA) is 92.7 Å². The second-order valence-electron chi connectivity index (χ2n) is 6.67. The third kappa shape index (κ3) is 5.45. The van der Waals surface area contributed by atoms with Crippen molar-refractivity contribution in [3.8, 4) is 33.7 Å². The van der Waals surface area contributed by atoms with Crippen LogP contribution in [0, 0.1) is 0 Å². The maximum absolute atomic E-state index is 12.7. The van der Waals surface area contributed by atoms with Gasteiger partial charge in [0.25, 0.3) is 0 Å². The zero-order chi connectivity index (χ0) is 23.0. The van der Waals surface area contributed by atoms with Crippen LogP contribution in [0.5, 0.6) is 23.1 Å². The quantitative estimate of drug-likeness (QED) is 0.314. The standard InChI is InChI=1S/C24H21N3O5S/c1-3-30-20-9-8-16(12-21(20)29-2)23-27-17(15-33-23)14-31-24(28)19-7-5-11-26-22(19)32-18-6-4-10-25-13-18/h4-13,15H,3,14H2,1-2H3. The molecule has 8 nitrogen and oxygen atoms in total. The summed E-state index contributed by atoms with van der Waals surface area (Å²) >= 11 is 1.45. The minimum Gasteiger partial charge on any atom is -0.493 e. The molecule has 3 aromatic heterocycles. The highest BCUT2D eigenvalue weighted by Crippen LogP contribution is 2.34. The van der Waals surface area contributed by atoms with Crippen molar-refractivity contribution in [1.29, 1.82) is 0 Å². The lowest BCUT2D eigenvalue weighted by molar-refractivity contribution is 0.0465. The Morgan fingerprint density at radius 1 is 1.09 bits per heavy atom. The van der Waals surface area contributed by atoms with Crippen LogP contribution < -0.4 is 14.2 Å². The van der Waals surface area contributed by atoms with Crippen LogP contribution in [-0.2, 0) is 11.3 Å². The van der Waals surface area contributed by atoms with Gasteiger partial charge in [0, 0.05) is 23.3 Å². The third-order valence-corrected chi connectivity index (χ3v) is 5.39. The van der Waals surface area contributed by atoms with Gasteiger partial charge < -0.3 is 18.9 Å². The Kier molecular flexibility index (Phi) is 7.11. The zero-order valence-electron chi connectivity index (χ0n) is 18.1. The average molecular weight is 464 g/mol. The molecule has 0 atom stereocenters. The lowest BCUT2D eigenvalue weighted by Gasteiger charge is -2.10. The number of hydrogen-bond donors (Lipinski definition) is 0. The predicted octanol–water partition coefficient (Wildman–Crippen LogP) is 5.16. The molecule has 0 amide bonds. The maximum atomic E-state index is 12.7. The normalized spacial score (nSPS) is 10.5. The molecule has 0 fully saturated rings. The minimum atomic E-state index is -0.556. The molecular weight excluding hydrogens is 442 g/mol. The van der Waals surface area contributed by atoms with Crippen molar-refractivity contribution >= 4 is 17.3 Å². The van der Waals surface area contributed by atoms with Crippen molar-refractivity contribution < 1.29 is 23.7 Å². The number of ether oxygens (including phenoxy) is 4. The van der Waals surface area contributed by atoms with Crippen molar-refractivity contribution in [2.75, 3.05) is 13.7 Å². The molecule has 0 aliphatic carbocycles. The summed E-state index contributed by atoms with van der Waals surface area (Å²) in [6.45, 7) is 2.49. The molecule has 1 aromatic carbocycles. The predicted molar refractivity (Wildman–Crippen MR) is 123 cm³/mol. The van der Waals surface area contributed by atoms with E-state index in [0.29, 0.717) is 29.5 Å². The number of aromatic nitrogens is 3. The summed E-state index contributed by atoms with van der Waals surface area (Å²) in [6, 6.07) is 12.3. The number of hydrogen-bond acceptors (Lipinski definition) is 9. The Labute approximate surface area is 194 Å². The van der Waals surface area contributed by atoms with Crippen molar-refractivity contribution in [1.82, 2.24) is 15.0 Å². The molecule has 168 valence electrons. The van der Waals surface area contributed by atoms with Crippen LogP contribution in [0.15, 0.2) is 66.4 Å². The van der Waals surface area contributed by atoms with Crippen LogP contribution in [0.3, 0.4) is 0 Å². The Morgan fingerprint density at radius 3 is 2.76 bits per heavy atom. The van der Waals surface area contributed by atoms with Crippen LogP contribution in [-0.4, -0.2) is 34.6 Å². The zero-order valence-corrected chi connectivity index (χ0v) is 18.9. The van der Waals surface area contributed by atoms with Gasteiger partial charge in [-0.1, -0.05) is 0 Å². The lowest BCUT2D eigenvalue weighted by Crippen LogP contribution is -2.08. The third-order valence-electron chi connectivity index (χ3n) is 4.45. The van der Waals surface area contributed by atoms with Gasteiger partial charge in [0.05, 0.1) is 25.6 Å². The fourth-order valence-corrected chi connectivity index (χ4v) is 3.75. The fraction of sp³-hybridized carbons (Fsp3) is 0.167. The summed E-state index contributed by atoms with van der Waals surface area (Å²) in [5.41, 5.74) is 1.74. The van der Waals surface area contributed by atoms with Crippen LogP contribution >= 0.6 is 11.3 Å². The summed E-state index contributed by atoms with van der Waals surface area (Å²) in [5.74, 6) is 1.38. The highest BCUT2D eigenvalue weighted by atomic mass is 32.1. The number of benzene rings is 1. The Hall–Kier alpha value is -3.98. The molecule has 33 heavy (non-hydrogen) atoms. The van der Waals surface area contributed by atoms with Gasteiger partial charge >= 0.3 is 5.97 Å². The van der Waals surface area contributed by atoms with E-state index in [1.54, 1.807) is 43.8 Å². The second kappa shape index (κ2) is 10.6. The van der Waals surface area contributed by atoms with Crippen molar-refractivity contribution in [2.24, 2.45) is 0 Å². The van der Waals surface area contributed by atoms with Gasteiger partial charge in [-0.05, 0) is 49.4 Å². The van der Waals surface area contributed by atoms with E-state index in [1.165, 1.54) is 17.5 Å². The maximum Gasteiger partial charge on any atom is 0.344 e. The second-order valence-corrected chi connectivity index (χ2v) is 7.52. The van der Waals surface area contributed by atoms with Crippen molar-refractivity contribution in [3.63, 3.8) is 0 Å². The largest absolute Gasteiger partial charge is 0.493 e. The van der Waals surface area contributed by atoms with Gasteiger partial charge in [-0.2, -0.15) is 0 Å². The van der Waals surface area contributed by atoms with Gasteiger partial charge in [0.15, 0.2) is 11.5 Å². The van der Waals surface area contributed by atoms with Crippen molar-refractivity contribution in [3.05, 3.63) is 77.7 Å². The number of rotatable bonds is 9. The van der Waals surface area contributed by atoms with E-state index < -0.39 is 5.97 Å². The molecule has 0 aliphatic rings. The first-order valence-electron chi connectivity index (χ1n) is 10.1. The number of pyridine rings is 2. The van der Waals surface area contributed by atoms with Gasteiger partial charge in [-0.15, -0.1) is 11.3 Å². The Morgan fingerprint density at radius 2 is 1.97 bits per heavy atom. The summed E-state index contributed by atoms with van der Waals surface area (Å²) in [7, 11) is 1.60. The van der Waals surface area contributed by atoms with Gasteiger partial charge in [0.2, 0.25) is 5.88 Å². The van der Waals surface area contributed by atoms with Crippen molar-refractivity contribution in [2.45, 2.75) is 13.5 Å². The number of thiazole rings is 1. The molecule has 0 saturated heterocycles. The van der Waals surface area contributed by atoms with Crippen LogP contribution in [0.25, 0.3) is 10.6 Å². The smallest absolute Gasteiger partial charge is 0.344 e. The molecule has 4 rings (SSSR count). The van der Waals surface area contributed by atoms with Crippen LogP contribution in [0.2, 0.25) is 0 Å². The summed E-state index contributed by atoms with van der Waals surface area (Å²) in [5, 5.41) is 2.63. The fourth-order valence-electron chi connectivity index (χ4n) is 2.95. The molecule has 4 aromatic rings. The first-order chi connectivity index (χ1) is 16.2. The number of carbonyl (C=O) groups is 1. The Balaban J connectivity index is 1.44. The molecule has 0 unspecified atom stereocenters. The first-order valence-corrected chi connectivity index (χ1v) is 11.0. The molecule has 0 radical (unpaired) electrons. The molecule has 0 N–H and O–H groups in total. The molecule has 3 heterocycles. The summed E-state index contributed by atoms with van der Waals surface area (Å²) < 4.78 is 22.1. The minimum absolute atomic E-state index is 0.0186. The molecule has 0 spiro atoms. The van der Waals surface area contributed by atoms with E-state index in [4.69, 9.17) is 18.9 Å². The molecule has 0 saturated carbocycles. The number of carbonyl (C=O) groups excluding carboxylic acids is 1. The van der Waals surface area contributed by atoms with Gasteiger partial charge in [0.1, 0.15) is 22.9 Å². The Bertz CT molecular complexity index is 1230. The van der Waals surface area contributed by atoms with E-state index in [9.17, 15) is 4.79 Å². The number of methoxy groups -OCH3 is 1. The monoisotopic (exact) mass is 463 g/mol. The van der Waals surface area contributed by atoms with Gasteiger partial charge in [-0.25, -0.2) is 14.8 Å². The molecule has 0 aliphatic heterocycles. The van der Waals surface area contributed by atoms with E-state index in [-0.39, 0.29) is 18.1 Å². The molecular formula is C24H21N3O5S. The van der Waals surface area contributed by atoms with Crippen LogP contribution in [0.4, 0.5) is 0 Å². The first kappa shape index (κ1) is 22.2. The van der Waals surface area contributed by atoms with E-state index in [2.05, 4.69) is 15.0 Å². The summed E-state index contributed by atoms with van der Waals surface area (Å²) in [4.78, 5) is 25.4. The SMILES string of the molecule is CCOc1ccc(-c2nc(COC(=O)c3cccnc3Oc3cccnc3)cs2)cc1OC. The molecule has 9 heteroatoms. The molecule has 0 bridgehead atoms. The van der Waals surface area contributed by atoms with Crippen LogP contribution in [0.1, 0.15) is 23.0 Å². The van der Waals surface area contributed by atoms with E-state index >= 15 is 0 Å². The van der Waals surface area contributed by atoms with Gasteiger partial charge in [-0.3, -0.25) is 4.98 Å². The summed E-state index contributed by atoms with van der Waals surface area (Å²) in [6.07, 6.45) is 4.71. The van der Waals surface area contributed by atoms with E-state index in [0.717, 1.165) is 10.6 Å². The average Bonchev–Trinajstić information content (AvgIpc) is 3.33. The lowest BCUT2D eigenvalue weighted by atomic mass is 10.2. The highest BCUT2D eigenvalue weighted by molar-refractivity contribution is 7.13.